The van der Waals surface area contributed by atoms with E-state index in [9.17, 15) is 0 Å². The molecule has 4 aliphatic carbocycles. The van der Waals surface area contributed by atoms with E-state index in [1.54, 1.807) is 0 Å². The summed E-state index contributed by atoms with van der Waals surface area (Å²) in [6.45, 7) is 19.5. The average molecular weight is 499 g/mol. The number of hydrogen-bond donors (Lipinski definition) is 0. The molecule has 4 bridgehead atoms. The zero-order valence-corrected chi connectivity index (χ0v) is 24.6. The summed E-state index contributed by atoms with van der Waals surface area (Å²) in [5.41, 5.74) is 1.76. The van der Waals surface area contributed by atoms with Crippen molar-refractivity contribution in [2.45, 2.75) is 125 Å². The zero-order chi connectivity index (χ0) is 26.1. The summed E-state index contributed by atoms with van der Waals surface area (Å²) in [5, 5.41) is 0. The van der Waals surface area contributed by atoms with Crippen LogP contribution in [0.1, 0.15) is 118 Å². The van der Waals surface area contributed by atoms with Gasteiger partial charge in [-0.25, -0.2) is 0 Å². The Morgan fingerprint density at radius 3 is 1.89 bits per heavy atom. The van der Waals surface area contributed by atoms with E-state index in [0.29, 0.717) is 30.5 Å². The van der Waals surface area contributed by atoms with Gasteiger partial charge in [-0.3, -0.25) is 0 Å². The van der Waals surface area contributed by atoms with Gasteiger partial charge in [0.25, 0.3) is 0 Å². The van der Waals surface area contributed by atoms with Crippen molar-refractivity contribution in [3.05, 3.63) is 29.8 Å². The number of benzene rings is 1. The van der Waals surface area contributed by atoms with Gasteiger partial charge >= 0.3 is 0 Å². The van der Waals surface area contributed by atoms with Crippen molar-refractivity contribution in [2.24, 2.45) is 34.5 Å². The van der Waals surface area contributed by atoms with Crippen molar-refractivity contribution < 1.29 is 14.2 Å². The zero-order valence-electron chi connectivity index (χ0n) is 24.6. The smallest absolute Gasteiger partial charge is 0.204 e. The molecule has 0 N–H and O–H groups in total. The summed E-state index contributed by atoms with van der Waals surface area (Å²) >= 11 is 0. The molecule has 4 saturated carbocycles. The van der Waals surface area contributed by atoms with Crippen LogP contribution in [0.5, 0.6) is 5.75 Å². The molecule has 0 aliphatic heterocycles. The first-order valence-corrected chi connectivity index (χ1v) is 14.9. The molecule has 0 aromatic heterocycles. The lowest BCUT2D eigenvalue weighted by molar-refractivity contribution is -0.191. The lowest BCUT2D eigenvalue weighted by atomic mass is 9.54. The van der Waals surface area contributed by atoms with Gasteiger partial charge in [-0.15, -0.1) is 0 Å². The number of hydrogen-bond acceptors (Lipinski definition) is 3. The molecule has 0 radical (unpaired) electrons. The van der Waals surface area contributed by atoms with Gasteiger partial charge in [0.1, 0.15) is 5.75 Å². The van der Waals surface area contributed by atoms with E-state index in [1.807, 2.05) is 0 Å². The first kappa shape index (κ1) is 28.0. The molecule has 3 nitrogen and oxygen atoms in total. The van der Waals surface area contributed by atoms with Gasteiger partial charge in [-0.1, -0.05) is 73.9 Å². The van der Waals surface area contributed by atoms with E-state index in [0.717, 1.165) is 23.5 Å². The van der Waals surface area contributed by atoms with Crippen LogP contribution in [0.3, 0.4) is 0 Å². The molecule has 0 heterocycles. The third-order valence-electron chi connectivity index (χ3n) is 9.16. The van der Waals surface area contributed by atoms with Crippen LogP contribution in [-0.2, 0) is 9.47 Å². The molecule has 0 saturated heterocycles. The minimum Gasteiger partial charge on any atom is -0.464 e. The fourth-order valence-corrected chi connectivity index (χ4v) is 7.59. The molecule has 3 atom stereocenters. The average Bonchev–Trinajstić information content (AvgIpc) is 2.77. The molecule has 1 aromatic carbocycles. The van der Waals surface area contributed by atoms with Gasteiger partial charge in [0.05, 0.1) is 18.8 Å². The van der Waals surface area contributed by atoms with Crippen LogP contribution in [0.15, 0.2) is 24.3 Å². The second kappa shape index (κ2) is 11.0. The van der Waals surface area contributed by atoms with E-state index in [1.165, 1.54) is 56.9 Å². The second-order valence-corrected chi connectivity index (χ2v) is 15.0. The second-order valence-electron chi connectivity index (χ2n) is 15.0. The van der Waals surface area contributed by atoms with Gasteiger partial charge in [0, 0.05) is 5.41 Å². The Labute approximate surface area is 222 Å². The van der Waals surface area contributed by atoms with E-state index >= 15 is 0 Å². The fourth-order valence-electron chi connectivity index (χ4n) is 7.59. The molecule has 5 rings (SSSR count). The van der Waals surface area contributed by atoms with Crippen molar-refractivity contribution in [3.8, 4) is 5.75 Å². The van der Waals surface area contributed by atoms with Crippen molar-refractivity contribution in [3.63, 3.8) is 0 Å². The maximum atomic E-state index is 6.59. The molecule has 204 valence electrons. The third-order valence-corrected chi connectivity index (χ3v) is 9.16. The quantitative estimate of drug-likeness (QED) is 0.225. The molecule has 3 unspecified atom stereocenters. The van der Waals surface area contributed by atoms with Gasteiger partial charge in [-0.2, -0.15) is 0 Å². The lowest BCUT2D eigenvalue weighted by Gasteiger charge is -2.56. The van der Waals surface area contributed by atoms with E-state index in [2.05, 4.69) is 79.7 Å². The Hall–Kier alpha value is -1.06. The SMILES string of the molecule is CCC(C)C(CC(C)(C)C)c1ccc(OC(OCCOC23CC4CC(CC(C4)C2)C3)C(C)(C)C)cc1. The Morgan fingerprint density at radius 1 is 0.861 bits per heavy atom. The number of ether oxygens (including phenoxy) is 3. The molecule has 1 aromatic rings. The van der Waals surface area contributed by atoms with E-state index in [-0.39, 0.29) is 17.3 Å². The highest BCUT2D eigenvalue weighted by Gasteiger charge is 2.51. The summed E-state index contributed by atoms with van der Waals surface area (Å²) < 4.78 is 19.3. The van der Waals surface area contributed by atoms with Gasteiger partial charge in [0.2, 0.25) is 6.29 Å². The predicted molar refractivity (Wildman–Crippen MR) is 149 cm³/mol. The third kappa shape index (κ3) is 7.07. The summed E-state index contributed by atoms with van der Waals surface area (Å²) in [6, 6.07) is 8.82. The van der Waals surface area contributed by atoms with E-state index < -0.39 is 0 Å². The minimum absolute atomic E-state index is 0.120. The summed E-state index contributed by atoms with van der Waals surface area (Å²) in [5.74, 6) is 4.85. The molecule has 4 fully saturated rings. The maximum absolute atomic E-state index is 6.59. The Kier molecular flexibility index (Phi) is 8.52. The molecule has 0 amide bonds. The Morgan fingerprint density at radius 2 is 1.42 bits per heavy atom. The molecule has 0 spiro atoms. The topological polar surface area (TPSA) is 27.7 Å². The highest BCUT2D eigenvalue weighted by Crippen LogP contribution is 2.57. The van der Waals surface area contributed by atoms with Gasteiger partial charge in [0.15, 0.2) is 0 Å². The molecule has 3 heteroatoms. The first-order valence-electron chi connectivity index (χ1n) is 14.9. The molecular weight excluding hydrogens is 444 g/mol. The van der Waals surface area contributed by atoms with Crippen LogP contribution in [0.4, 0.5) is 0 Å². The van der Waals surface area contributed by atoms with Crippen LogP contribution in [-0.4, -0.2) is 25.1 Å². The van der Waals surface area contributed by atoms with Crippen molar-refractivity contribution in [2.75, 3.05) is 13.2 Å². The molecular formula is C33H54O3. The normalized spacial score (nSPS) is 30.3. The highest BCUT2D eigenvalue weighted by molar-refractivity contribution is 5.30. The number of rotatable bonds is 11. The Balaban J connectivity index is 1.32. The van der Waals surface area contributed by atoms with Crippen molar-refractivity contribution >= 4 is 0 Å². The highest BCUT2D eigenvalue weighted by atomic mass is 16.7. The molecule has 4 aliphatic rings. The first-order chi connectivity index (χ1) is 16.9. The van der Waals surface area contributed by atoms with Crippen LogP contribution in [0.2, 0.25) is 0 Å². The van der Waals surface area contributed by atoms with Crippen LogP contribution < -0.4 is 4.74 Å². The van der Waals surface area contributed by atoms with Crippen molar-refractivity contribution in [1.29, 1.82) is 0 Å². The summed E-state index contributed by atoms with van der Waals surface area (Å²) in [4.78, 5) is 0. The summed E-state index contributed by atoms with van der Waals surface area (Å²) in [6.07, 6.45) is 10.3. The van der Waals surface area contributed by atoms with Crippen LogP contribution in [0, 0.1) is 34.5 Å². The van der Waals surface area contributed by atoms with Crippen LogP contribution in [0.25, 0.3) is 0 Å². The monoisotopic (exact) mass is 498 g/mol. The van der Waals surface area contributed by atoms with Crippen LogP contribution >= 0.6 is 0 Å². The maximum Gasteiger partial charge on any atom is 0.204 e. The van der Waals surface area contributed by atoms with Gasteiger partial charge < -0.3 is 14.2 Å². The largest absolute Gasteiger partial charge is 0.464 e. The van der Waals surface area contributed by atoms with Crippen molar-refractivity contribution in [1.82, 2.24) is 0 Å². The molecule has 36 heavy (non-hydrogen) atoms. The predicted octanol–water partition coefficient (Wildman–Crippen LogP) is 9.01. The lowest BCUT2D eigenvalue weighted by Crippen LogP contribution is -2.52. The minimum atomic E-state index is -0.303. The summed E-state index contributed by atoms with van der Waals surface area (Å²) in [7, 11) is 0. The van der Waals surface area contributed by atoms with Gasteiger partial charge in [-0.05, 0) is 97.6 Å². The van der Waals surface area contributed by atoms with E-state index in [4.69, 9.17) is 14.2 Å². The standard InChI is InChI=1S/C33H54O3/c1-9-23(2)29(22-31(3,4)5)27-10-12-28(13-11-27)36-30(32(6,7)8)34-14-15-35-33-19-24-16-25(20-33)18-26(17-24)21-33/h10-13,23-26,29-30H,9,14-22H2,1-8H3. The fraction of sp³-hybridized carbons (Fsp3) is 0.818. The Bertz CT molecular complexity index is 793.